The van der Waals surface area contributed by atoms with Crippen molar-refractivity contribution in [3.8, 4) is 5.75 Å². The summed E-state index contributed by atoms with van der Waals surface area (Å²) < 4.78 is 18.2. The second-order valence-corrected chi connectivity index (χ2v) is 5.64. The molecule has 0 aliphatic rings. The number of ether oxygens (including phenoxy) is 1. The molecule has 0 spiro atoms. The number of hydrogen-bond acceptors (Lipinski definition) is 3. The summed E-state index contributed by atoms with van der Waals surface area (Å²) in [5.74, 6) is 0.460. The second kappa shape index (κ2) is 7.63. The highest BCUT2D eigenvalue weighted by Crippen LogP contribution is 2.23. The number of carbonyl (C=O) groups is 1. The van der Waals surface area contributed by atoms with Gasteiger partial charge in [-0.25, -0.2) is 4.39 Å². The van der Waals surface area contributed by atoms with E-state index in [-0.39, 0.29) is 18.3 Å². The molecule has 0 aliphatic carbocycles. The topological polar surface area (TPSA) is 50.4 Å². The molecule has 0 heterocycles. The van der Waals surface area contributed by atoms with Crippen molar-refractivity contribution >= 4 is 11.6 Å². The smallest absolute Gasteiger partial charge is 0.276 e. The lowest BCUT2D eigenvalue weighted by Crippen LogP contribution is -2.33. The summed E-state index contributed by atoms with van der Waals surface area (Å²) in [7, 11) is 0. The van der Waals surface area contributed by atoms with Crippen LogP contribution in [-0.2, 0) is 4.79 Å². The van der Waals surface area contributed by atoms with Gasteiger partial charge in [0.2, 0.25) is 0 Å². The van der Waals surface area contributed by atoms with Crippen molar-refractivity contribution in [2.75, 3.05) is 12.0 Å². The minimum atomic E-state index is -0.328. The van der Waals surface area contributed by atoms with Crippen molar-refractivity contribution in [2.24, 2.45) is 0 Å². The van der Waals surface area contributed by atoms with Gasteiger partial charge in [0, 0.05) is 0 Å². The van der Waals surface area contributed by atoms with Gasteiger partial charge in [0.05, 0.1) is 5.69 Å². The third-order valence-corrected chi connectivity index (χ3v) is 3.42. The molecule has 23 heavy (non-hydrogen) atoms. The molecule has 1 amide bonds. The Morgan fingerprint density at radius 1 is 1.17 bits per heavy atom. The number of aryl methyl sites for hydroxylation is 1. The molecule has 5 heteroatoms. The molecule has 4 nitrogen and oxygen atoms in total. The zero-order chi connectivity index (χ0) is 16.8. The molecule has 122 valence electrons. The van der Waals surface area contributed by atoms with E-state index in [4.69, 9.17) is 4.74 Å². The molecule has 2 aromatic rings. The van der Waals surface area contributed by atoms with E-state index in [2.05, 4.69) is 24.7 Å². The van der Waals surface area contributed by atoms with Gasteiger partial charge in [0.1, 0.15) is 11.6 Å². The van der Waals surface area contributed by atoms with E-state index in [1.165, 1.54) is 29.8 Å². The first-order valence-electron chi connectivity index (χ1n) is 7.49. The molecule has 0 atom stereocenters. The third-order valence-electron chi connectivity index (χ3n) is 3.42. The fourth-order valence-electron chi connectivity index (χ4n) is 2.25. The van der Waals surface area contributed by atoms with Crippen molar-refractivity contribution in [2.45, 2.75) is 26.7 Å². The highest BCUT2D eigenvalue weighted by molar-refractivity contribution is 5.78. The Hall–Kier alpha value is -2.56. The number of nitrogens with one attached hydrogen (secondary N) is 2. The van der Waals surface area contributed by atoms with Crippen LogP contribution in [-0.4, -0.2) is 12.5 Å². The van der Waals surface area contributed by atoms with Gasteiger partial charge in [-0.1, -0.05) is 19.9 Å². The van der Waals surface area contributed by atoms with Gasteiger partial charge in [-0.05, 0) is 60.4 Å². The monoisotopic (exact) mass is 316 g/mol. The van der Waals surface area contributed by atoms with Crippen molar-refractivity contribution in [3.05, 3.63) is 59.4 Å². The molecule has 0 fully saturated rings. The van der Waals surface area contributed by atoms with E-state index in [1.54, 1.807) is 0 Å². The van der Waals surface area contributed by atoms with E-state index in [9.17, 15) is 9.18 Å². The number of hydrazine groups is 1. The Kier molecular flexibility index (Phi) is 5.57. The summed E-state index contributed by atoms with van der Waals surface area (Å²) in [4.78, 5) is 11.7. The third kappa shape index (κ3) is 4.98. The average molecular weight is 316 g/mol. The van der Waals surface area contributed by atoms with E-state index >= 15 is 0 Å². The van der Waals surface area contributed by atoms with Crippen LogP contribution >= 0.6 is 0 Å². The minimum absolute atomic E-state index is 0.103. The normalized spacial score (nSPS) is 10.5. The van der Waals surface area contributed by atoms with Crippen LogP contribution < -0.4 is 15.6 Å². The maximum absolute atomic E-state index is 12.8. The van der Waals surface area contributed by atoms with E-state index in [0.29, 0.717) is 17.4 Å². The van der Waals surface area contributed by atoms with Crippen molar-refractivity contribution in [1.82, 2.24) is 5.43 Å². The summed E-state index contributed by atoms with van der Waals surface area (Å²) in [6, 6.07) is 11.5. The second-order valence-electron chi connectivity index (χ2n) is 5.64. The van der Waals surface area contributed by atoms with Crippen LogP contribution in [0.5, 0.6) is 5.75 Å². The summed E-state index contributed by atoms with van der Waals surface area (Å²) in [6.07, 6.45) is 0. The lowest BCUT2D eigenvalue weighted by molar-refractivity contribution is -0.122. The number of carbonyl (C=O) groups excluding carboxylic acids is 1. The Morgan fingerprint density at radius 2 is 1.87 bits per heavy atom. The van der Waals surface area contributed by atoms with Crippen LogP contribution in [0.25, 0.3) is 0 Å². The highest BCUT2D eigenvalue weighted by Gasteiger charge is 2.06. The predicted octanol–water partition coefficient (Wildman–Crippen LogP) is 3.78. The Balaban J connectivity index is 1.82. The largest absolute Gasteiger partial charge is 0.484 e. The van der Waals surface area contributed by atoms with Crippen LogP contribution in [0.1, 0.15) is 30.9 Å². The first kappa shape index (κ1) is 16.8. The number of hydrogen-bond donors (Lipinski definition) is 2. The van der Waals surface area contributed by atoms with Crippen LogP contribution in [0.15, 0.2) is 42.5 Å². The van der Waals surface area contributed by atoms with Crippen LogP contribution in [0.3, 0.4) is 0 Å². The van der Waals surface area contributed by atoms with Gasteiger partial charge < -0.3 is 4.74 Å². The Bertz CT molecular complexity index is 669. The quantitative estimate of drug-likeness (QED) is 0.797. The molecule has 2 N–H and O–H groups in total. The van der Waals surface area contributed by atoms with Gasteiger partial charge in [-0.3, -0.25) is 15.6 Å². The molecule has 0 unspecified atom stereocenters. The first-order chi connectivity index (χ1) is 11.0. The molecule has 0 aromatic heterocycles. The number of halogens is 1. The Labute approximate surface area is 135 Å². The van der Waals surface area contributed by atoms with Crippen LogP contribution in [0, 0.1) is 12.7 Å². The van der Waals surface area contributed by atoms with Gasteiger partial charge in [-0.15, -0.1) is 0 Å². The first-order valence-corrected chi connectivity index (χ1v) is 7.49. The number of amides is 1. The fraction of sp³-hybridized carbons (Fsp3) is 0.278. The molecule has 0 aliphatic heterocycles. The minimum Gasteiger partial charge on any atom is -0.484 e. The van der Waals surface area contributed by atoms with Gasteiger partial charge in [0.25, 0.3) is 5.91 Å². The molecule has 2 aromatic carbocycles. The number of rotatable bonds is 6. The van der Waals surface area contributed by atoms with Crippen LogP contribution in [0.2, 0.25) is 0 Å². The van der Waals surface area contributed by atoms with Gasteiger partial charge in [-0.2, -0.15) is 0 Å². The van der Waals surface area contributed by atoms with Crippen molar-refractivity contribution < 1.29 is 13.9 Å². The zero-order valence-electron chi connectivity index (χ0n) is 13.5. The molecular weight excluding hydrogens is 295 g/mol. The highest BCUT2D eigenvalue weighted by atomic mass is 19.1. The zero-order valence-corrected chi connectivity index (χ0v) is 13.5. The summed E-state index contributed by atoms with van der Waals surface area (Å²) in [5, 5.41) is 0. The molecular formula is C18H21FN2O2. The molecule has 0 saturated carbocycles. The molecule has 0 radical (unpaired) electrons. The molecule has 0 bridgehead atoms. The summed E-state index contributed by atoms with van der Waals surface area (Å²) >= 11 is 0. The van der Waals surface area contributed by atoms with Gasteiger partial charge in [0.15, 0.2) is 6.61 Å². The molecule has 0 saturated heterocycles. The van der Waals surface area contributed by atoms with Crippen molar-refractivity contribution in [3.63, 3.8) is 0 Å². The summed E-state index contributed by atoms with van der Waals surface area (Å²) in [6.45, 7) is 6.20. The van der Waals surface area contributed by atoms with Crippen LogP contribution in [0.4, 0.5) is 10.1 Å². The Morgan fingerprint density at radius 3 is 2.48 bits per heavy atom. The number of benzene rings is 2. The maximum Gasteiger partial charge on any atom is 0.276 e. The fourth-order valence-corrected chi connectivity index (χ4v) is 2.25. The maximum atomic E-state index is 12.8. The van der Waals surface area contributed by atoms with E-state index in [0.717, 1.165) is 5.56 Å². The van der Waals surface area contributed by atoms with E-state index < -0.39 is 0 Å². The lowest BCUT2D eigenvalue weighted by atomic mass is 9.98. The number of anilines is 1. The summed E-state index contributed by atoms with van der Waals surface area (Å²) in [5.41, 5.74) is 8.19. The average Bonchev–Trinajstić information content (AvgIpc) is 2.52. The molecule has 2 rings (SSSR count). The van der Waals surface area contributed by atoms with Crippen molar-refractivity contribution in [1.29, 1.82) is 0 Å². The predicted molar refractivity (Wildman–Crippen MR) is 88.9 cm³/mol. The van der Waals surface area contributed by atoms with E-state index in [1.807, 2.05) is 25.1 Å². The van der Waals surface area contributed by atoms with Gasteiger partial charge >= 0.3 is 0 Å². The SMILES string of the molecule is Cc1cc(OCC(=O)NNc2ccc(F)cc2)ccc1C(C)C. The lowest BCUT2D eigenvalue weighted by Gasteiger charge is -2.13. The standard InChI is InChI=1S/C18H21FN2O2/c1-12(2)17-9-8-16(10-13(17)3)23-11-18(22)21-20-15-6-4-14(19)5-7-15/h4-10,12,20H,11H2,1-3H3,(H,21,22).